The second-order valence-corrected chi connectivity index (χ2v) is 8.39. The van der Waals surface area contributed by atoms with Gasteiger partial charge >= 0.3 is 0 Å². The third-order valence-electron chi connectivity index (χ3n) is 4.71. The van der Waals surface area contributed by atoms with E-state index in [9.17, 15) is 8.42 Å². The van der Waals surface area contributed by atoms with Gasteiger partial charge in [0.2, 0.25) is 10.0 Å². The molecule has 1 N–H and O–H groups in total. The summed E-state index contributed by atoms with van der Waals surface area (Å²) in [5.74, 6) is 1.53. The SMILES string of the molecule is CCS(=O)(=O)N1CCN(c2cc(C3CCCNC3)ncn2)CC1. The molecule has 2 saturated heterocycles. The minimum atomic E-state index is -3.09. The van der Waals surface area contributed by atoms with Crippen LogP contribution in [0.3, 0.4) is 0 Å². The lowest BCUT2D eigenvalue weighted by Gasteiger charge is -2.34. The lowest BCUT2D eigenvalue weighted by molar-refractivity contribution is 0.384. The van der Waals surface area contributed by atoms with Crippen LogP contribution in [0.4, 0.5) is 5.82 Å². The number of hydrogen-bond donors (Lipinski definition) is 1. The van der Waals surface area contributed by atoms with Gasteiger partial charge in [-0.3, -0.25) is 0 Å². The molecule has 2 fully saturated rings. The Labute approximate surface area is 138 Å². The van der Waals surface area contributed by atoms with E-state index in [0.29, 0.717) is 32.1 Å². The van der Waals surface area contributed by atoms with Crippen molar-refractivity contribution < 1.29 is 8.42 Å². The standard InChI is InChI=1S/C15H25N5O2S/c1-2-23(21,22)20-8-6-19(7-9-20)15-10-14(17-12-18-15)13-4-3-5-16-11-13/h10,12-13,16H,2-9,11H2,1H3. The number of rotatable bonds is 4. The van der Waals surface area contributed by atoms with Crippen LogP contribution in [0.25, 0.3) is 0 Å². The molecular formula is C15H25N5O2S. The maximum absolute atomic E-state index is 11.9. The zero-order valence-corrected chi connectivity index (χ0v) is 14.4. The average Bonchev–Trinajstić information content (AvgIpc) is 2.63. The van der Waals surface area contributed by atoms with Gasteiger partial charge in [0.05, 0.1) is 11.4 Å². The Morgan fingerprint density at radius 1 is 1.26 bits per heavy atom. The first kappa shape index (κ1) is 16.6. The lowest BCUT2D eigenvalue weighted by Crippen LogP contribution is -2.49. The van der Waals surface area contributed by atoms with E-state index < -0.39 is 10.0 Å². The zero-order valence-electron chi connectivity index (χ0n) is 13.6. The van der Waals surface area contributed by atoms with Gasteiger partial charge in [-0.2, -0.15) is 4.31 Å². The smallest absolute Gasteiger partial charge is 0.213 e. The Morgan fingerprint density at radius 3 is 2.70 bits per heavy atom. The fourth-order valence-corrected chi connectivity index (χ4v) is 4.32. The van der Waals surface area contributed by atoms with Crippen LogP contribution >= 0.6 is 0 Å². The maximum atomic E-state index is 11.9. The van der Waals surface area contributed by atoms with Gasteiger partial charge in [0.1, 0.15) is 12.1 Å². The largest absolute Gasteiger partial charge is 0.354 e. The van der Waals surface area contributed by atoms with E-state index in [-0.39, 0.29) is 5.75 Å². The van der Waals surface area contributed by atoms with Gasteiger partial charge in [0, 0.05) is 44.7 Å². The molecule has 0 aromatic carbocycles. The molecule has 8 heteroatoms. The Balaban J connectivity index is 1.66. The highest BCUT2D eigenvalue weighted by atomic mass is 32.2. The summed E-state index contributed by atoms with van der Waals surface area (Å²) in [6, 6.07) is 2.07. The number of nitrogens with zero attached hydrogens (tertiary/aromatic N) is 4. The molecular weight excluding hydrogens is 314 g/mol. The van der Waals surface area contributed by atoms with Crippen molar-refractivity contribution >= 4 is 15.8 Å². The summed E-state index contributed by atoms with van der Waals surface area (Å²) in [6.45, 7) is 6.16. The summed E-state index contributed by atoms with van der Waals surface area (Å²) < 4.78 is 25.4. The highest BCUT2D eigenvalue weighted by molar-refractivity contribution is 7.89. The molecule has 0 aliphatic carbocycles. The predicted molar refractivity (Wildman–Crippen MR) is 90.1 cm³/mol. The molecule has 3 heterocycles. The third kappa shape index (κ3) is 3.81. The van der Waals surface area contributed by atoms with Gasteiger partial charge in [-0.05, 0) is 26.3 Å². The minimum Gasteiger partial charge on any atom is -0.354 e. The van der Waals surface area contributed by atoms with E-state index in [2.05, 4.69) is 26.3 Å². The second kappa shape index (κ2) is 7.11. The quantitative estimate of drug-likeness (QED) is 0.856. The molecule has 1 atom stereocenters. The van der Waals surface area contributed by atoms with Crippen molar-refractivity contribution in [2.24, 2.45) is 0 Å². The molecule has 0 radical (unpaired) electrons. The molecule has 0 amide bonds. The molecule has 1 aromatic heterocycles. The monoisotopic (exact) mass is 339 g/mol. The van der Waals surface area contributed by atoms with Crippen LogP contribution < -0.4 is 10.2 Å². The minimum absolute atomic E-state index is 0.166. The van der Waals surface area contributed by atoms with Crippen molar-refractivity contribution in [2.75, 3.05) is 49.9 Å². The summed E-state index contributed by atoms with van der Waals surface area (Å²) in [7, 11) is -3.09. The first-order chi connectivity index (χ1) is 11.1. The maximum Gasteiger partial charge on any atom is 0.213 e. The fraction of sp³-hybridized carbons (Fsp3) is 0.733. The van der Waals surface area contributed by atoms with E-state index in [1.54, 1.807) is 17.6 Å². The summed E-state index contributed by atoms with van der Waals surface area (Å²) >= 11 is 0. The number of piperazine rings is 1. The van der Waals surface area contributed by atoms with E-state index in [1.165, 1.54) is 6.42 Å². The number of aromatic nitrogens is 2. The van der Waals surface area contributed by atoms with E-state index >= 15 is 0 Å². The van der Waals surface area contributed by atoms with Crippen LogP contribution in [0.15, 0.2) is 12.4 Å². The lowest BCUT2D eigenvalue weighted by atomic mass is 9.96. The molecule has 1 aromatic rings. The Hall–Kier alpha value is -1.25. The van der Waals surface area contributed by atoms with Crippen molar-refractivity contribution in [1.29, 1.82) is 0 Å². The van der Waals surface area contributed by atoms with Gasteiger partial charge in [-0.25, -0.2) is 18.4 Å². The number of nitrogens with one attached hydrogen (secondary N) is 1. The van der Waals surface area contributed by atoms with Gasteiger partial charge in [0.15, 0.2) is 0 Å². The van der Waals surface area contributed by atoms with Crippen LogP contribution in [0.2, 0.25) is 0 Å². The number of hydrogen-bond acceptors (Lipinski definition) is 6. The van der Waals surface area contributed by atoms with Crippen molar-refractivity contribution in [1.82, 2.24) is 19.6 Å². The first-order valence-corrected chi connectivity index (χ1v) is 9.96. The van der Waals surface area contributed by atoms with Crippen molar-refractivity contribution in [3.63, 3.8) is 0 Å². The Morgan fingerprint density at radius 2 is 2.04 bits per heavy atom. The predicted octanol–water partition coefficient (Wildman–Crippen LogP) is 0.415. The van der Waals surface area contributed by atoms with Crippen molar-refractivity contribution in [2.45, 2.75) is 25.7 Å². The van der Waals surface area contributed by atoms with Gasteiger partial charge in [-0.15, -0.1) is 0 Å². The van der Waals surface area contributed by atoms with Crippen LogP contribution in [0, 0.1) is 0 Å². The van der Waals surface area contributed by atoms with Crippen molar-refractivity contribution in [3.8, 4) is 0 Å². The Bertz CT molecular complexity index is 623. The average molecular weight is 339 g/mol. The number of sulfonamides is 1. The normalized spacial score (nSPS) is 23.9. The van der Waals surface area contributed by atoms with Gasteiger partial charge in [0.25, 0.3) is 0 Å². The van der Waals surface area contributed by atoms with Crippen molar-refractivity contribution in [3.05, 3.63) is 18.1 Å². The number of piperidine rings is 1. The molecule has 128 valence electrons. The van der Waals surface area contributed by atoms with Crippen LogP contribution in [0.5, 0.6) is 0 Å². The molecule has 1 unspecified atom stereocenters. The Kier molecular flexibility index (Phi) is 5.13. The van der Waals surface area contributed by atoms with Gasteiger partial charge < -0.3 is 10.2 Å². The molecule has 3 rings (SSSR count). The van der Waals surface area contributed by atoms with Gasteiger partial charge in [-0.1, -0.05) is 0 Å². The molecule has 0 saturated carbocycles. The van der Waals surface area contributed by atoms with Crippen LogP contribution in [0.1, 0.15) is 31.4 Å². The molecule has 7 nitrogen and oxygen atoms in total. The van der Waals surface area contributed by atoms with E-state index in [0.717, 1.165) is 31.0 Å². The van der Waals surface area contributed by atoms with E-state index in [1.807, 2.05) is 0 Å². The fourth-order valence-electron chi connectivity index (χ4n) is 3.24. The molecule has 2 aliphatic heterocycles. The molecule has 0 spiro atoms. The first-order valence-electron chi connectivity index (χ1n) is 8.35. The molecule has 0 bridgehead atoms. The summed E-state index contributed by atoms with van der Waals surface area (Å²) in [4.78, 5) is 11.0. The summed E-state index contributed by atoms with van der Waals surface area (Å²) in [5, 5.41) is 3.41. The highest BCUT2D eigenvalue weighted by Gasteiger charge is 2.26. The summed E-state index contributed by atoms with van der Waals surface area (Å²) in [5.41, 5.74) is 1.09. The second-order valence-electron chi connectivity index (χ2n) is 6.13. The number of anilines is 1. The molecule has 2 aliphatic rings. The zero-order chi connectivity index (χ0) is 16.3. The topological polar surface area (TPSA) is 78.4 Å². The molecule has 23 heavy (non-hydrogen) atoms. The van der Waals surface area contributed by atoms with Crippen LogP contribution in [-0.4, -0.2) is 67.7 Å². The van der Waals surface area contributed by atoms with Crippen LogP contribution in [-0.2, 0) is 10.0 Å². The third-order valence-corrected chi connectivity index (χ3v) is 6.59. The van der Waals surface area contributed by atoms with E-state index in [4.69, 9.17) is 0 Å². The highest BCUT2D eigenvalue weighted by Crippen LogP contribution is 2.24. The summed E-state index contributed by atoms with van der Waals surface area (Å²) in [6.07, 6.45) is 3.97.